The van der Waals surface area contributed by atoms with Gasteiger partial charge in [0.2, 0.25) is 0 Å². The van der Waals surface area contributed by atoms with Crippen molar-refractivity contribution in [2.45, 2.75) is 31.0 Å². The predicted molar refractivity (Wildman–Crippen MR) is 85.9 cm³/mol. The summed E-state index contributed by atoms with van der Waals surface area (Å²) in [6.45, 7) is 3.75. The number of thioether (sulfide) groups is 1. The zero-order chi connectivity index (χ0) is 17.3. The zero-order valence-electron chi connectivity index (χ0n) is 12.7. The van der Waals surface area contributed by atoms with E-state index in [1.807, 2.05) is 13.8 Å². The van der Waals surface area contributed by atoms with E-state index in [9.17, 15) is 13.2 Å². The largest absolute Gasteiger partial charge is 0.416 e. The molecule has 0 atom stereocenters. The van der Waals surface area contributed by atoms with Crippen LogP contribution in [0.25, 0.3) is 10.8 Å². The van der Waals surface area contributed by atoms with Crippen molar-refractivity contribution < 1.29 is 17.6 Å². The molecule has 0 aliphatic heterocycles. The molecule has 4 nitrogen and oxygen atoms in total. The normalized spacial score (nSPS) is 11.9. The molecule has 0 saturated carbocycles. The van der Waals surface area contributed by atoms with Gasteiger partial charge in [-0.3, -0.25) is 0 Å². The summed E-state index contributed by atoms with van der Waals surface area (Å²) in [4.78, 5) is 5.11. The number of aromatic nitrogens is 3. The lowest BCUT2D eigenvalue weighted by Crippen LogP contribution is -2.04. The van der Waals surface area contributed by atoms with E-state index >= 15 is 0 Å². The number of alkyl halides is 3. The number of thiazole rings is 1. The van der Waals surface area contributed by atoms with Crippen molar-refractivity contribution in [2.24, 2.45) is 0 Å². The zero-order valence-corrected chi connectivity index (χ0v) is 14.3. The topological polar surface area (TPSA) is 51.8 Å². The van der Waals surface area contributed by atoms with Gasteiger partial charge in [-0.15, -0.1) is 21.5 Å². The van der Waals surface area contributed by atoms with Crippen LogP contribution in [-0.2, 0) is 11.9 Å². The quantitative estimate of drug-likeness (QED) is 0.596. The first-order chi connectivity index (χ1) is 11.3. The highest BCUT2D eigenvalue weighted by Crippen LogP contribution is 2.33. The van der Waals surface area contributed by atoms with E-state index in [1.165, 1.54) is 29.2 Å². The third-order valence-electron chi connectivity index (χ3n) is 3.12. The number of aryl methyl sites for hydroxylation is 2. The van der Waals surface area contributed by atoms with Crippen molar-refractivity contribution in [3.05, 3.63) is 46.1 Å². The summed E-state index contributed by atoms with van der Waals surface area (Å²) in [6, 6.07) is 5.20. The molecule has 3 aromatic rings. The maximum atomic E-state index is 12.7. The summed E-state index contributed by atoms with van der Waals surface area (Å²) in [6.07, 6.45) is -4.35. The van der Waals surface area contributed by atoms with Crippen molar-refractivity contribution in [3.8, 4) is 10.8 Å². The van der Waals surface area contributed by atoms with Crippen LogP contribution in [0.4, 0.5) is 13.2 Å². The van der Waals surface area contributed by atoms with Gasteiger partial charge < -0.3 is 4.42 Å². The molecule has 24 heavy (non-hydrogen) atoms. The van der Waals surface area contributed by atoms with E-state index in [-0.39, 0.29) is 0 Å². The molecule has 0 bridgehead atoms. The Kier molecular flexibility index (Phi) is 4.64. The van der Waals surface area contributed by atoms with Gasteiger partial charge in [0.25, 0.3) is 11.1 Å². The second-order valence-electron chi connectivity index (χ2n) is 5.01. The van der Waals surface area contributed by atoms with Crippen LogP contribution in [0, 0.1) is 13.8 Å². The number of nitrogens with zero attached hydrogens (tertiary/aromatic N) is 3. The summed E-state index contributed by atoms with van der Waals surface area (Å²) in [5.41, 5.74) is 0.692. The fourth-order valence-electron chi connectivity index (χ4n) is 2.07. The van der Waals surface area contributed by atoms with E-state index < -0.39 is 11.7 Å². The summed E-state index contributed by atoms with van der Waals surface area (Å²) >= 11 is 2.66. The molecule has 0 unspecified atom stereocenters. The maximum absolute atomic E-state index is 12.7. The highest BCUT2D eigenvalue weighted by atomic mass is 32.2. The average molecular weight is 371 g/mol. The molecule has 0 aliphatic rings. The first kappa shape index (κ1) is 17.0. The molecule has 0 amide bonds. The Morgan fingerprint density at radius 1 is 1.21 bits per heavy atom. The Labute approximate surface area is 144 Å². The van der Waals surface area contributed by atoms with Gasteiger partial charge in [-0.1, -0.05) is 30.0 Å². The van der Waals surface area contributed by atoms with Gasteiger partial charge in [-0.2, -0.15) is 13.2 Å². The maximum Gasteiger partial charge on any atom is 0.416 e. The van der Waals surface area contributed by atoms with Crippen molar-refractivity contribution in [1.29, 1.82) is 0 Å². The van der Waals surface area contributed by atoms with Crippen LogP contribution in [0.2, 0.25) is 0 Å². The van der Waals surface area contributed by atoms with Gasteiger partial charge >= 0.3 is 6.18 Å². The van der Waals surface area contributed by atoms with Crippen LogP contribution in [0.3, 0.4) is 0 Å². The Hall–Kier alpha value is -1.87. The first-order valence-electron chi connectivity index (χ1n) is 6.90. The Bertz CT molecular complexity index is 858. The van der Waals surface area contributed by atoms with Crippen LogP contribution in [-0.4, -0.2) is 15.2 Å². The molecular formula is C15H12F3N3OS2. The lowest BCUT2D eigenvalue weighted by Gasteiger charge is -2.07. The average Bonchev–Trinajstić information content (AvgIpc) is 3.11. The molecule has 2 aromatic heterocycles. The predicted octanol–water partition coefficient (Wildman–Crippen LogP) is 5.12. The second-order valence-corrected chi connectivity index (χ2v) is 7.14. The third-order valence-corrected chi connectivity index (χ3v) is 5.07. The highest BCUT2D eigenvalue weighted by molar-refractivity contribution is 7.98. The van der Waals surface area contributed by atoms with Gasteiger partial charge in [0.15, 0.2) is 0 Å². The first-order valence-corrected chi connectivity index (χ1v) is 8.70. The van der Waals surface area contributed by atoms with Gasteiger partial charge in [-0.05, 0) is 25.5 Å². The number of halogens is 3. The highest BCUT2D eigenvalue weighted by Gasteiger charge is 2.30. The lowest BCUT2D eigenvalue weighted by molar-refractivity contribution is -0.137. The smallest absolute Gasteiger partial charge is 0.410 e. The van der Waals surface area contributed by atoms with Gasteiger partial charge in [-0.25, -0.2) is 4.98 Å². The van der Waals surface area contributed by atoms with Crippen molar-refractivity contribution in [3.63, 3.8) is 0 Å². The Balaban J connectivity index is 1.71. The minimum Gasteiger partial charge on any atom is -0.410 e. The molecule has 126 valence electrons. The number of hydrogen-bond acceptors (Lipinski definition) is 6. The second kappa shape index (κ2) is 6.56. The van der Waals surface area contributed by atoms with Crippen LogP contribution >= 0.6 is 23.1 Å². The standard InChI is InChI=1S/C15H12F3N3OS2/c1-8-12(24-9(2)19-8)13-20-21-14(22-13)23-7-10-4-3-5-11(6-10)15(16,17)18/h3-6H,7H2,1-2H3. The molecule has 0 N–H and O–H groups in total. The summed E-state index contributed by atoms with van der Waals surface area (Å²) in [5.74, 6) is 0.691. The summed E-state index contributed by atoms with van der Waals surface area (Å²) < 4.78 is 43.7. The van der Waals surface area contributed by atoms with E-state index in [0.29, 0.717) is 22.4 Å². The minimum atomic E-state index is -4.35. The van der Waals surface area contributed by atoms with Crippen molar-refractivity contribution in [2.75, 3.05) is 0 Å². The Morgan fingerprint density at radius 3 is 2.67 bits per heavy atom. The van der Waals surface area contributed by atoms with Crippen molar-refractivity contribution in [1.82, 2.24) is 15.2 Å². The van der Waals surface area contributed by atoms with Crippen LogP contribution < -0.4 is 0 Å². The van der Waals surface area contributed by atoms with Crippen molar-refractivity contribution >= 4 is 23.1 Å². The molecule has 0 saturated heterocycles. The fraction of sp³-hybridized carbons (Fsp3) is 0.267. The summed E-state index contributed by atoms with van der Waals surface area (Å²) in [5, 5.41) is 9.13. The summed E-state index contributed by atoms with van der Waals surface area (Å²) in [7, 11) is 0. The van der Waals surface area contributed by atoms with Crippen LogP contribution in [0.15, 0.2) is 33.9 Å². The van der Waals surface area contributed by atoms with Crippen LogP contribution in [0.1, 0.15) is 21.8 Å². The third kappa shape index (κ3) is 3.78. The molecule has 0 aliphatic carbocycles. The molecular weight excluding hydrogens is 359 g/mol. The van der Waals surface area contributed by atoms with E-state index in [0.717, 1.165) is 27.7 Å². The van der Waals surface area contributed by atoms with E-state index in [1.54, 1.807) is 6.07 Å². The molecule has 9 heteroatoms. The molecule has 0 radical (unpaired) electrons. The van der Waals surface area contributed by atoms with Crippen LogP contribution in [0.5, 0.6) is 0 Å². The van der Waals surface area contributed by atoms with Gasteiger partial charge in [0.1, 0.15) is 4.88 Å². The molecule has 0 spiro atoms. The Morgan fingerprint density at radius 2 is 2.00 bits per heavy atom. The molecule has 1 aromatic carbocycles. The number of hydrogen-bond donors (Lipinski definition) is 0. The van der Waals surface area contributed by atoms with E-state index in [2.05, 4.69) is 15.2 Å². The monoisotopic (exact) mass is 371 g/mol. The number of benzene rings is 1. The van der Waals surface area contributed by atoms with E-state index in [4.69, 9.17) is 4.42 Å². The SMILES string of the molecule is Cc1nc(C)c(-c2nnc(SCc3cccc(C(F)(F)F)c3)o2)s1. The van der Waals surface area contributed by atoms with Gasteiger partial charge in [0.05, 0.1) is 16.3 Å². The molecule has 0 fully saturated rings. The van der Waals surface area contributed by atoms with Gasteiger partial charge in [0, 0.05) is 5.75 Å². The molecule has 2 heterocycles. The lowest BCUT2D eigenvalue weighted by atomic mass is 10.1. The molecule has 3 rings (SSSR count). The fourth-order valence-corrected chi connectivity index (χ4v) is 3.62. The number of rotatable bonds is 4. The minimum absolute atomic E-state index is 0.312.